The topological polar surface area (TPSA) is 84.8 Å². The molecule has 2 heterocycles. The summed E-state index contributed by atoms with van der Waals surface area (Å²) in [5, 5.41) is 27.7. The number of pyridine rings is 1. The second kappa shape index (κ2) is 9.15. The maximum absolute atomic E-state index is 10.3. The molecular weight excluding hydrogens is 480 g/mol. The smallest absolute Gasteiger partial charge is 0.131 e. The zero-order valence-electron chi connectivity index (χ0n) is 20.9. The highest BCUT2D eigenvalue weighted by Gasteiger charge is 2.17. The molecule has 0 unspecified atom stereocenters. The van der Waals surface area contributed by atoms with Crippen LogP contribution in [0, 0.1) is 5.41 Å². The van der Waals surface area contributed by atoms with Crippen LogP contribution in [0.15, 0.2) is 121 Å². The Kier molecular flexibility index (Phi) is 5.34. The fourth-order valence-electron chi connectivity index (χ4n) is 5.34. The number of benzene rings is 5. The first-order chi connectivity index (χ1) is 19.2. The molecule has 39 heavy (non-hydrogen) atoms. The largest absolute Gasteiger partial charge is 0.507 e. The maximum Gasteiger partial charge on any atom is 0.131 e. The van der Waals surface area contributed by atoms with Crippen LogP contribution in [0.2, 0.25) is 0 Å². The highest BCUT2D eigenvalue weighted by Crippen LogP contribution is 2.35. The average molecular weight is 505 g/mol. The van der Waals surface area contributed by atoms with Crippen molar-refractivity contribution < 1.29 is 5.11 Å². The summed E-state index contributed by atoms with van der Waals surface area (Å²) in [7, 11) is 0. The molecule has 0 atom stereocenters. The van der Waals surface area contributed by atoms with Gasteiger partial charge >= 0.3 is 0 Å². The van der Waals surface area contributed by atoms with E-state index in [4.69, 9.17) is 4.98 Å². The number of para-hydroxylation sites is 3. The van der Waals surface area contributed by atoms with Crippen molar-refractivity contribution in [1.82, 2.24) is 9.97 Å². The number of aromatic nitrogens is 2. The normalized spacial score (nSPS) is 11.3. The van der Waals surface area contributed by atoms with Gasteiger partial charge in [-0.15, -0.1) is 0 Å². The van der Waals surface area contributed by atoms with Crippen LogP contribution >= 0.6 is 0 Å². The number of hydrogen-bond acceptors (Lipinski definition) is 4. The molecule has 4 N–H and O–H groups in total. The minimum absolute atomic E-state index is 0.184. The molecule has 7 aromatic rings. The Morgan fingerprint density at radius 3 is 2.36 bits per heavy atom. The molecule has 0 aliphatic rings. The van der Waals surface area contributed by atoms with E-state index in [2.05, 4.69) is 52.8 Å². The lowest BCUT2D eigenvalue weighted by molar-refractivity contribution is 0.477. The van der Waals surface area contributed by atoms with E-state index in [1.807, 2.05) is 66.7 Å². The standard InChI is InChI=1S/C34H24N4O/c35-33(26-14-7-13-25-32-22-10-2-1-9-21(22)19-20-29(32)38-34(25)26)24-12-3-5-15-28(24)37-31-18-8-16-27(36-31)23-11-4-6-17-30(23)39/h1-20,35,38-39H,(H,36,37). The van der Waals surface area contributed by atoms with E-state index in [1.54, 1.807) is 12.1 Å². The first-order valence-corrected chi connectivity index (χ1v) is 12.8. The van der Waals surface area contributed by atoms with Gasteiger partial charge in [-0.3, -0.25) is 5.41 Å². The number of H-pyrrole nitrogens is 1. The summed E-state index contributed by atoms with van der Waals surface area (Å²) >= 11 is 0. The minimum Gasteiger partial charge on any atom is -0.507 e. The Morgan fingerprint density at radius 2 is 1.44 bits per heavy atom. The van der Waals surface area contributed by atoms with E-state index in [-0.39, 0.29) is 5.75 Å². The molecule has 5 heteroatoms. The second-order valence-electron chi connectivity index (χ2n) is 9.53. The van der Waals surface area contributed by atoms with E-state index in [9.17, 15) is 10.5 Å². The third kappa shape index (κ3) is 3.88. The summed E-state index contributed by atoms with van der Waals surface area (Å²) in [6, 6.07) is 39.4. The minimum atomic E-state index is 0.184. The number of nitrogens with zero attached hydrogens (tertiary/aromatic N) is 1. The number of phenolic OH excluding ortho intramolecular Hbond substituents is 1. The van der Waals surface area contributed by atoms with Crippen LogP contribution in [0.4, 0.5) is 11.5 Å². The molecule has 0 bridgehead atoms. The van der Waals surface area contributed by atoms with Crippen LogP contribution in [0.3, 0.4) is 0 Å². The van der Waals surface area contributed by atoms with Gasteiger partial charge in [0, 0.05) is 38.7 Å². The van der Waals surface area contributed by atoms with Crippen molar-refractivity contribution in [2.75, 3.05) is 5.32 Å². The fourth-order valence-corrected chi connectivity index (χ4v) is 5.34. The van der Waals surface area contributed by atoms with E-state index >= 15 is 0 Å². The van der Waals surface area contributed by atoms with Crippen LogP contribution < -0.4 is 5.32 Å². The Labute approximate surface area is 224 Å². The van der Waals surface area contributed by atoms with Crippen molar-refractivity contribution in [3.63, 3.8) is 0 Å². The number of aromatic hydroxyl groups is 1. The molecule has 0 saturated carbocycles. The van der Waals surface area contributed by atoms with Gasteiger partial charge in [0.1, 0.15) is 11.6 Å². The predicted octanol–water partition coefficient (Wildman–Crippen LogP) is 8.40. The Hall–Kier alpha value is -5.42. The van der Waals surface area contributed by atoms with Crippen LogP contribution in [-0.4, -0.2) is 20.8 Å². The molecule has 0 spiro atoms. The number of phenols is 1. The highest BCUT2D eigenvalue weighted by molar-refractivity contribution is 6.26. The van der Waals surface area contributed by atoms with E-state index in [0.717, 1.165) is 33.2 Å². The van der Waals surface area contributed by atoms with Crippen molar-refractivity contribution in [3.8, 4) is 17.0 Å². The van der Waals surface area contributed by atoms with E-state index < -0.39 is 0 Å². The van der Waals surface area contributed by atoms with E-state index in [0.29, 0.717) is 22.8 Å². The first-order valence-electron chi connectivity index (χ1n) is 12.8. The summed E-state index contributed by atoms with van der Waals surface area (Å²) in [6.45, 7) is 0. The third-order valence-corrected chi connectivity index (χ3v) is 7.18. The van der Waals surface area contributed by atoms with Crippen LogP contribution in [0.5, 0.6) is 5.75 Å². The molecule has 0 aliphatic heterocycles. The summed E-state index contributed by atoms with van der Waals surface area (Å²) in [6.07, 6.45) is 0. The number of aromatic amines is 1. The first kappa shape index (κ1) is 22.8. The molecule has 0 fully saturated rings. The molecular formula is C34H24N4O. The Balaban J connectivity index is 1.30. The zero-order valence-corrected chi connectivity index (χ0v) is 20.9. The lowest BCUT2D eigenvalue weighted by Gasteiger charge is -2.14. The zero-order chi connectivity index (χ0) is 26.3. The van der Waals surface area contributed by atoms with Crippen molar-refractivity contribution in [3.05, 3.63) is 132 Å². The number of hydrogen-bond donors (Lipinski definition) is 4. The molecule has 0 radical (unpaired) electrons. The summed E-state index contributed by atoms with van der Waals surface area (Å²) < 4.78 is 0. The number of anilines is 2. The van der Waals surface area contributed by atoms with Gasteiger partial charge < -0.3 is 15.4 Å². The van der Waals surface area contributed by atoms with Crippen LogP contribution in [0.1, 0.15) is 11.1 Å². The quantitative estimate of drug-likeness (QED) is 0.178. The average Bonchev–Trinajstić information content (AvgIpc) is 3.37. The van der Waals surface area contributed by atoms with Crippen molar-refractivity contribution in [2.24, 2.45) is 0 Å². The Morgan fingerprint density at radius 1 is 0.692 bits per heavy atom. The lowest BCUT2D eigenvalue weighted by atomic mass is 9.97. The van der Waals surface area contributed by atoms with Crippen molar-refractivity contribution in [1.29, 1.82) is 5.41 Å². The Bertz CT molecular complexity index is 2040. The SMILES string of the molecule is N=C(c1ccccc1Nc1cccc(-c2ccccc2O)n1)c1cccc2c1[nH]c1ccc3ccccc3c12. The summed E-state index contributed by atoms with van der Waals surface area (Å²) in [4.78, 5) is 8.32. The van der Waals surface area contributed by atoms with Gasteiger partial charge in [0.2, 0.25) is 0 Å². The van der Waals surface area contributed by atoms with Gasteiger partial charge in [-0.05, 0) is 47.2 Å². The van der Waals surface area contributed by atoms with Crippen LogP contribution in [0.25, 0.3) is 43.8 Å². The van der Waals surface area contributed by atoms with Gasteiger partial charge in [-0.1, -0.05) is 84.9 Å². The fraction of sp³-hybridized carbons (Fsp3) is 0. The lowest BCUT2D eigenvalue weighted by Crippen LogP contribution is -2.07. The summed E-state index contributed by atoms with van der Waals surface area (Å²) in [5.74, 6) is 0.815. The molecule has 5 aromatic carbocycles. The molecule has 7 rings (SSSR count). The molecule has 0 amide bonds. The van der Waals surface area contributed by atoms with Gasteiger partial charge in [0.15, 0.2) is 0 Å². The number of rotatable bonds is 5. The number of fused-ring (bicyclic) bond motifs is 5. The molecule has 0 saturated heterocycles. The van der Waals surface area contributed by atoms with Gasteiger partial charge in [0.25, 0.3) is 0 Å². The second-order valence-corrected chi connectivity index (χ2v) is 9.53. The molecule has 186 valence electrons. The maximum atomic E-state index is 10.3. The molecule has 2 aromatic heterocycles. The van der Waals surface area contributed by atoms with Gasteiger partial charge in [-0.25, -0.2) is 4.98 Å². The summed E-state index contributed by atoms with van der Waals surface area (Å²) in [5.41, 5.74) is 6.13. The molecule has 0 aliphatic carbocycles. The number of nitrogens with one attached hydrogen (secondary N) is 3. The monoisotopic (exact) mass is 504 g/mol. The molecule has 5 nitrogen and oxygen atoms in total. The third-order valence-electron chi connectivity index (χ3n) is 7.18. The van der Waals surface area contributed by atoms with E-state index in [1.165, 1.54) is 16.2 Å². The van der Waals surface area contributed by atoms with Crippen molar-refractivity contribution in [2.45, 2.75) is 0 Å². The highest BCUT2D eigenvalue weighted by atomic mass is 16.3. The van der Waals surface area contributed by atoms with Gasteiger partial charge in [0.05, 0.1) is 16.9 Å². The van der Waals surface area contributed by atoms with Crippen molar-refractivity contribution >= 4 is 49.8 Å². The van der Waals surface area contributed by atoms with Crippen LogP contribution in [-0.2, 0) is 0 Å². The van der Waals surface area contributed by atoms with Gasteiger partial charge in [-0.2, -0.15) is 0 Å². The predicted molar refractivity (Wildman–Crippen MR) is 160 cm³/mol.